The van der Waals surface area contributed by atoms with Crippen LogP contribution in [0.4, 0.5) is 0 Å². The van der Waals surface area contributed by atoms with Crippen molar-refractivity contribution in [2.45, 2.75) is 39.7 Å². The zero-order valence-electron chi connectivity index (χ0n) is 13.8. The molecule has 3 N–H and O–H groups in total. The highest BCUT2D eigenvalue weighted by Gasteiger charge is 2.17. The van der Waals surface area contributed by atoms with Gasteiger partial charge in [0, 0.05) is 12.0 Å². The van der Waals surface area contributed by atoms with E-state index in [1.54, 1.807) is 11.3 Å². The monoisotopic (exact) mass is 353 g/mol. The van der Waals surface area contributed by atoms with Gasteiger partial charge in [0.05, 0.1) is 16.6 Å². The second-order valence-electron chi connectivity index (χ2n) is 5.52. The average Bonchev–Trinajstić information content (AvgIpc) is 2.88. The number of nitrogens with zero attached hydrogens (tertiary/aromatic N) is 1. The van der Waals surface area contributed by atoms with E-state index in [2.05, 4.69) is 41.5 Å². The Morgan fingerprint density at radius 1 is 1.30 bits per heavy atom. The molecule has 1 aromatic carbocycles. The molecule has 0 aliphatic heterocycles. The Hall–Kier alpha value is -1.43. The summed E-state index contributed by atoms with van der Waals surface area (Å²) in [6.45, 7) is 6.60. The van der Waals surface area contributed by atoms with Gasteiger partial charge >= 0.3 is 0 Å². The minimum Gasteiger partial charge on any atom is -0.349 e. The summed E-state index contributed by atoms with van der Waals surface area (Å²) in [5, 5.41) is 4.02. The van der Waals surface area contributed by atoms with Gasteiger partial charge in [0.15, 0.2) is 0 Å². The van der Waals surface area contributed by atoms with Crippen LogP contribution in [0.1, 0.15) is 41.9 Å². The number of carbonyl (C=O) groups is 1. The highest BCUT2D eigenvalue weighted by molar-refractivity contribution is 7.15. The molecule has 1 heterocycles. The lowest BCUT2D eigenvalue weighted by Gasteiger charge is -2.12. The van der Waals surface area contributed by atoms with E-state index in [0.717, 1.165) is 27.6 Å². The van der Waals surface area contributed by atoms with E-state index in [1.807, 2.05) is 13.8 Å². The number of benzene rings is 1. The molecule has 0 spiro atoms. The molecule has 1 atom stereocenters. The van der Waals surface area contributed by atoms with Crippen LogP contribution in [0.25, 0.3) is 10.6 Å². The molecule has 0 aliphatic carbocycles. The molecular formula is C17H24ClN3OS. The molecular weight excluding hydrogens is 330 g/mol. The smallest absolute Gasteiger partial charge is 0.220 e. The van der Waals surface area contributed by atoms with Crippen molar-refractivity contribution in [1.29, 1.82) is 0 Å². The Kier molecular flexibility index (Phi) is 7.68. The summed E-state index contributed by atoms with van der Waals surface area (Å²) in [6, 6.07) is 8.32. The molecule has 0 radical (unpaired) electrons. The topological polar surface area (TPSA) is 68.0 Å². The number of nitrogens with two attached hydrogens (primary N) is 1. The highest BCUT2D eigenvalue weighted by atomic mass is 35.5. The van der Waals surface area contributed by atoms with Crippen LogP contribution in [0.2, 0.25) is 0 Å². The predicted octanol–water partition coefficient (Wildman–Crippen LogP) is 3.76. The first-order valence-electron chi connectivity index (χ1n) is 7.55. The van der Waals surface area contributed by atoms with Gasteiger partial charge in [-0.05, 0) is 33.7 Å². The first-order chi connectivity index (χ1) is 10.5. The zero-order valence-corrected chi connectivity index (χ0v) is 15.4. The largest absolute Gasteiger partial charge is 0.349 e. The normalized spacial score (nSPS) is 11.7. The van der Waals surface area contributed by atoms with E-state index in [0.29, 0.717) is 13.0 Å². The fourth-order valence-electron chi connectivity index (χ4n) is 2.27. The summed E-state index contributed by atoms with van der Waals surface area (Å²) in [6.07, 6.45) is 1.19. The molecule has 1 unspecified atom stereocenters. The molecule has 2 rings (SSSR count). The van der Waals surface area contributed by atoms with Gasteiger partial charge in [-0.2, -0.15) is 0 Å². The number of halogens is 1. The van der Waals surface area contributed by atoms with Crippen molar-refractivity contribution in [3.8, 4) is 10.6 Å². The van der Waals surface area contributed by atoms with Crippen molar-refractivity contribution in [2.24, 2.45) is 5.73 Å². The lowest BCUT2D eigenvalue weighted by Crippen LogP contribution is -2.26. The van der Waals surface area contributed by atoms with Crippen molar-refractivity contribution in [2.75, 3.05) is 6.54 Å². The highest BCUT2D eigenvalue weighted by Crippen LogP contribution is 2.31. The van der Waals surface area contributed by atoms with Crippen LogP contribution >= 0.6 is 23.7 Å². The molecule has 6 heteroatoms. The zero-order chi connectivity index (χ0) is 16.1. The first-order valence-corrected chi connectivity index (χ1v) is 8.36. The summed E-state index contributed by atoms with van der Waals surface area (Å²) in [4.78, 5) is 17.6. The van der Waals surface area contributed by atoms with Crippen LogP contribution in [0.5, 0.6) is 0 Å². The summed E-state index contributed by atoms with van der Waals surface area (Å²) >= 11 is 1.64. The van der Waals surface area contributed by atoms with E-state index >= 15 is 0 Å². The number of nitrogens with one attached hydrogen (secondary N) is 1. The van der Waals surface area contributed by atoms with Gasteiger partial charge in [-0.15, -0.1) is 23.7 Å². The van der Waals surface area contributed by atoms with E-state index in [1.165, 1.54) is 5.56 Å². The van der Waals surface area contributed by atoms with E-state index in [9.17, 15) is 4.79 Å². The van der Waals surface area contributed by atoms with Gasteiger partial charge < -0.3 is 11.1 Å². The fraction of sp³-hybridized carbons (Fsp3) is 0.412. The van der Waals surface area contributed by atoms with Gasteiger partial charge in [-0.25, -0.2) is 4.98 Å². The maximum Gasteiger partial charge on any atom is 0.220 e. The summed E-state index contributed by atoms with van der Waals surface area (Å²) in [7, 11) is 0. The van der Waals surface area contributed by atoms with Crippen LogP contribution < -0.4 is 11.1 Å². The third kappa shape index (κ3) is 5.30. The molecule has 0 fully saturated rings. The van der Waals surface area contributed by atoms with Gasteiger partial charge in [0.25, 0.3) is 0 Å². The van der Waals surface area contributed by atoms with Gasteiger partial charge in [-0.1, -0.05) is 29.8 Å². The van der Waals surface area contributed by atoms with Gasteiger partial charge in [0.2, 0.25) is 5.91 Å². The Balaban J connectivity index is 0.00000264. The maximum atomic E-state index is 11.8. The van der Waals surface area contributed by atoms with E-state index in [4.69, 9.17) is 5.73 Å². The van der Waals surface area contributed by atoms with Crippen LogP contribution in [-0.4, -0.2) is 17.4 Å². The van der Waals surface area contributed by atoms with Gasteiger partial charge in [-0.3, -0.25) is 4.79 Å². The van der Waals surface area contributed by atoms with Crippen molar-refractivity contribution in [3.63, 3.8) is 0 Å². The Bertz CT molecular complexity index is 640. The molecule has 0 aliphatic rings. The van der Waals surface area contributed by atoms with Crippen molar-refractivity contribution in [1.82, 2.24) is 10.3 Å². The van der Waals surface area contributed by atoms with Crippen LogP contribution in [-0.2, 0) is 4.79 Å². The van der Waals surface area contributed by atoms with Crippen LogP contribution in [0, 0.1) is 13.8 Å². The second kappa shape index (κ2) is 9.01. The number of amides is 1. The standard InChI is InChI=1S/C17H23N3OS.ClH/c1-11-6-8-14(9-7-11)17-20-13(3)16(22-17)12(2)19-15(21)5-4-10-18;/h6-9,12H,4-5,10,18H2,1-3H3,(H,19,21);1H. The third-order valence-electron chi connectivity index (χ3n) is 3.51. The number of aryl methyl sites for hydroxylation is 2. The minimum absolute atomic E-state index is 0. The Morgan fingerprint density at radius 3 is 2.57 bits per heavy atom. The quantitative estimate of drug-likeness (QED) is 0.830. The second-order valence-corrected chi connectivity index (χ2v) is 6.55. The SMILES string of the molecule is Cc1ccc(-c2nc(C)c(C(C)NC(=O)CCCN)s2)cc1.Cl. The number of hydrogen-bond acceptors (Lipinski definition) is 4. The van der Waals surface area contributed by atoms with E-state index in [-0.39, 0.29) is 24.4 Å². The number of aromatic nitrogens is 1. The van der Waals surface area contributed by atoms with Gasteiger partial charge in [0.1, 0.15) is 5.01 Å². The van der Waals surface area contributed by atoms with Crippen LogP contribution in [0.3, 0.4) is 0 Å². The first kappa shape index (κ1) is 19.6. The molecule has 0 saturated carbocycles. The number of rotatable bonds is 6. The molecule has 23 heavy (non-hydrogen) atoms. The molecule has 1 amide bonds. The lowest BCUT2D eigenvalue weighted by molar-refractivity contribution is -0.121. The molecule has 1 aromatic heterocycles. The molecule has 0 saturated heterocycles. The maximum absolute atomic E-state index is 11.8. The minimum atomic E-state index is -0.0260. The van der Waals surface area contributed by atoms with Crippen LogP contribution in [0.15, 0.2) is 24.3 Å². The average molecular weight is 354 g/mol. The Labute approximate surface area is 147 Å². The van der Waals surface area contributed by atoms with Crippen molar-refractivity contribution < 1.29 is 4.79 Å². The number of carbonyl (C=O) groups excluding carboxylic acids is 1. The predicted molar refractivity (Wildman–Crippen MR) is 99.1 cm³/mol. The lowest BCUT2D eigenvalue weighted by atomic mass is 10.2. The Morgan fingerprint density at radius 2 is 1.96 bits per heavy atom. The fourth-order valence-corrected chi connectivity index (χ4v) is 3.35. The van der Waals surface area contributed by atoms with Crippen molar-refractivity contribution in [3.05, 3.63) is 40.4 Å². The van der Waals surface area contributed by atoms with Crippen molar-refractivity contribution >= 4 is 29.7 Å². The summed E-state index contributed by atoms with van der Waals surface area (Å²) in [5.74, 6) is 0.0441. The molecule has 2 aromatic rings. The molecule has 126 valence electrons. The molecule has 4 nitrogen and oxygen atoms in total. The third-order valence-corrected chi connectivity index (χ3v) is 4.90. The van der Waals surface area contributed by atoms with E-state index < -0.39 is 0 Å². The summed E-state index contributed by atoms with van der Waals surface area (Å²) < 4.78 is 0. The number of thiazole rings is 1. The summed E-state index contributed by atoms with van der Waals surface area (Å²) in [5.41, 5.74) is 8.76. The molecule has 0 bridgehead atoms. The number of hydrogen-bond donors (Lipinski definition) is 2.